The second kappa shape index (κ2) is 4.62. The molecule has 0 aliphatic carbocycles. The van der Waals surface area contributed by atoms with E-state index in [2.05, 4.69) is 10.3 Å². The summed E-state index contributed by atoms with van der Waals surface area (Å²) in [7, 11) is 0. The predicted octanol–water partition coefficient (Wildman–Crippen LogP) is 0.803. The molecule has 1 aromatic carbocycles. The maximum absolute atomic E-state index is 10.7. The molecule has 8 nitrogen and oxygen atoms in total. The van der Waals surface area contributed by atoms with Gasteiger partial charge in [-0.3, -0.25) is 14.9 Å². The van der Waals surface area contributed by atoms with Crippen LogP contribution in [0.25, 0.3) is 5.69 Å². The van der Waals surface area contributed by atoms with E-state index in [4.69, 9.17) is 5.11 Å². The van der Waals surface area contributed by atoms with Crippen molar-refractivity contribution in [1.82, 2.24) is 15.0 Å². The smallest absolute Gasteiger partial charge is 0.309 e. The molecule has 18 heavy (non-hydrogen) atoms. The van der Waals surface area contributed by atoms with Crippen molar-refractivity contribution in [2.75, 3.05) is 0 Å². The Labute approximate surface area is 101 Å². The number of nitrogens with zero attached hydrogens (tertiary/aromatic N) is 4. The van der Waals surface area contributed by atoms with Crippen molar-refractivity contribution in [1.29, 1.82) is 0 Å². The van der Waals surface area contributed by atoms with E-state index in [9.17, 15) is 14.9 Å². The summed E-state index contributed by atoms with van der Waals surface area (Å²) in [4.78, 5) is 20.8. The molecular formula is C10H8N4O4. The number of hydrogen-bond donors (Lipinski definition) is 1. The molecule has 92 valence electrons. The van der Waals surface area contributed by atoms with Gasteiger partial charge in [0.1, 0.15) is 0 Å². The summed E-state index contributed by atoms with van der Waals surface area (Å²) in [5.41, 5.74) is 0.658. The lowest BCUT2D eigenvalue weighted by Gasteiger charge is -2.03. The van der Waals surface area contributed by atoms with Crippen molar-refractivity contribution >= 4 is 11.7 Å². The summed E-state index contributed by atoms with van der Waals surface area (Å²) >= 11 is 0. The lowest BCUT2D eigenvalue weighted by atomic mass is 10.2. The summed E-state index contributed by atoms with van der Waals surface area (Å²) in [5.74, 6) is -1.02. The fourth-order valence-corrected chi connectivity index (χ4v) is 1.49. The molecule has 1 aromatic heterocycles. The molecular weight excluding hydrogens is 240 g/mol. The van der Waals surface area contributed by atoms with E-state index in [1.807, 2.05) is 0 Å². The van der Waals surface area contributed by atoms with E-state index in [-0.39, 0.29) is 12.1 Å². The van der Waals surface area contributed by atoms with Crippen LogP contribution in [0.2, 0.25) is 0 Å². The quantitative estimate of drug-likeness (QED) is 0.632. The summed E-state index contributed by atoms with van der Waals surface area (Å²) in [5, 5.41) is 26.7. The molecule has 1 N–H and O–H groups in total. The molecule has 1 heterocycles. The number of carboxylic acids is 1. The van der Waals surface area contributed by atoms with Gasteiger partial charge in [0.05, 0.1) is 28.9 Å². The number of rotatable bonds is 4. The minimum absolute atomic E-state index is 0.0933. The fourth-order valence-electron chi connectivity index (χ4n) is 1.49. The summed E-state index contributed by atoms with van der Waals surface area (Å²) < 4.78 is 1.26. The van der Waals surface area contributed by atoms with Crippen LogP contribution in [-0.2, 0) is 11.2 Å². The molecule has 8 heteroatoms. The molecule has 0 spiro atoms. The molecule has 0 amide bonds. The third kappa shape index (κ3) is 2.32. The maximum Gasteiger partial charge on any atom is 0.309 e. The van der Waals surface area contributed by atoms with E-state index in [1.165, 1.54) is 29.1 Å². The zero-order chi connectivity index (χ0) is 13.1. The average Bonchev–Trinajstić information content (AvgIpc) is 2.76. The first-order valence-corrected chi connectivity index (χ1v) is 4.94. The third-order valence-electron chi connectivity index (χ3n) is 2.24. The second-order valence-electron chi connectivity index (χ2n) is 3.48. The Kier molecular flexibility index (Phi) is 3.00. The predicted molar refractivity (Wildman–Crippen MR) is 59.4 cm³/mol. The SMILES string of the molecule is O=C(O)Cc1cnnn1-c1cccc([N+](=O)[O-])c1. The average molecular weight is 248 g/mol. The summed E-state index contributed by atoms with van der Waals surface area (Å²) in [6.45, 7) is 0. The molecule has 0 bridgehead atoms. The molecule has 0 unspecified atom stereocenters. The number of carboxylic acid groups (broad SMARTS) is 1. The van der Waals surface area contributed by atoms with Gasteiger partial charge in [-0.05, 0) is 6.07 Å². The largest absolute Gasteiger partial charge is 0.481 e. The zero-order valence-corrected chi connectivity index (χ0v) is 9.05. The standard InChI is InChI=1S/C10H8N4O4/c15-10(16)5-9-6-11-12-13(9)7-2-1-3-8(4-7)14(17)18/h1-4,6H,5H2,(H,15,16). The van der Waals surface area contributed by atoms with E-state index >= 15 is 0 Å². The Hall–Kier alpha value is -2.77. The summed E-state index contributed by atoms with van der Waals surface area (Å²) in [6.07, 6.45) is 1.06. The van der Waals surface area contributed by atoms with Crippen LogP contribution in [0.5, 0.6) is 0 Å². The molecule has 0 aliphatic rings. The number of nitro benzene ring substituents is 1. The minimum atomic E-state index is -1.02. The van der Waals surface area contributed by atoms with Gasteiger partial charge in [0.2, 0.25) is 0 Å². The molecule has 0 saturated heterocycles. The van der Waals surface area contributed by atoms with Gasteiger partial charge in [0.25, 0.3) is 5.69 Å². The molecule has 0 radical (unpaired) electrons. The van der Waals surface area contributed by atoms with Crippen LogP contribution >= 0.6 is 0 Å². The highest BCUT2D eigenvalue weighted by Gasteiger charge is 2.12. The summed E-state index contributed by atoms with van der Waals surface area (Å²) in [6, 6.07) is 5.74. The number of non-ortho nitro benzene ring substituents is 1. The van der Waals surface area contributed by atoms with Gasteiger partial charge in [-0.2, -0.15) is 0 Å². The number of aromatic nitrogens is 3. The van der Waals surface area contributed by atoms with Crippen molar-refractivity contribution in [3.05, 3.63) is 46.3 Å². The van der Waals surface area contributed by atoms with Crippen molar-refractivity contribution in [2.24, 2.45) is 0 Å². The minimum Gasteiger partial charge on any atom is -0.481 e. The highest BCUT2D eigenvalue weighted by atomic mass is 16.6. The molecule has 0 aliphatic heterocycles. The normalized spacial score (nSPS) is 10.2. The van der Waals surface area contributed by atoms with Crippen LogP contribution in [0.3, 0.4) is 0 Å². The first-order valence-electron chi connectivity index (χ1n) is 4.94. The van der Waals surface area contributed by atoms with E-state index in [1.54, 1.807) is 6.07 Å². The van der Waals surface area contributed by atoms with Gasteiger partial charge in [0.15, 0.2) is 0 Å². The lowest BCUT2D eigenvalue weighted by molar-refractivity contribution is -0.384. The molecule has 0 atom stereocenters. The van der Waals surface area contributed by atoms with Gasteiger partial charge in [-0.25, -0.2) is 4.68 Å². The van der Waals surface area contributed by atoms with E-state index in [0.717, 1.165) is 0 Å². The van der Waals surface area contributed by atoms with Crippen LogP contribution in [0.1, 0.15) is 5.69 Å². The topological polar surface area (TPSA) is 111 Å². The fraction of sp³-hybridized carbons (Fsp3) is 0.100. The van der Waals surface area contributed by atoms with Crippen LogP contribution in [0.4, 0.5) is 5.69 Å². The number of nitro groups is 1. The molecule has 0 fully saturated rings. The lowest BCUT2D eigenvalue weighted by Crippen LogP contribution is -2.08. The molecule has 2 rings (SSSR count). The van der Waals surface area contributed by atoms with E-state index in [0.29, 0.717) is 11.4 Å². The second-order valence-corrected chi connectivity index (χ2v) is 3.48. The van der Waals surface area contributed by atoms with Crippen LogP contribution < -0.4 is 0 Å². The van der Waals surface area contributed by atoms with Gasteiger partial charge in [-0.1, -0.05) is 11.3 Å². The Bertz CT molecular complexity index is 607. The van der Waals surface area contributed by atoms with Gasteiger partial charge in [-0.15, -0.1) is 5.10 Å². The Morgan fingerprint density at radius 3 is 2.94 bits per heavy atom. The molecule has 0 saturated carbocycles. The van der Waals surface area contributed by atoms with Gasteiger partial charge in [0, 0.05) is 12.1 Å². The van der Waals surface area contributed by atoms with Gasteiger partial charge < -0.3 is 5.11 Å². The monoisotopic (exact) mass is 248 g/mol. The molecule has 2 aromatic rings. The van der Waals surface area contributed by atoms with Crippen LogP contribution in [-0.4, -0.2) is 31.0 Å². The van der Waals surface area contributed by atoms with Crippen molar-refractivity contribution in [3.8, 4) is 5.69 Å². The van der Waals surface area contributed by atoms with Crippen molar-refractivity contribution < 1.29 is 14.8 Å². The van der Waals surface area contributed by atoms with Crippen LogP contribution in [0.15, 0.2) is 30.5 Å². The Morgan fingerprint density at radius 1 is 1.50 bits per heavy atom. The van der Waals surface area contributed by atoms with Gasteiger partial charge >= 0.3 is 5.97 Å². The van der Waals surface area contributed by atoms with Crippen LogP contribution in [0, 0.1) is 10.1 Å². The van der Waals surface area contributed by atoms with Crippen molar-refractivity contribution in [2.45, 2.75) is 6.42 Å². The zero-order valence-electron chi connectivity index (χ0n) is 9.05. The maximum atomic E-state index is 10.7. The Morgan fingerprint density at radius 2 is 2.28 bits per heavy atom. The van der Waals surface area contributed by atoms with Crippen molar-refractivity contribution in [3.63, 3.8) is 0 Å². The highest BCUT2D eigenvalue weighted by Crippen LogP contribution is 2.17. The highest BCUT2D eigenvalue weighted by molar-refractivity contribution is 5.69. The third-order valence-corrected chi connectivity index (χ3v) is 2.24. The number of carbonyl (C=O) groups is 1. The first-order chi connectivity index (χ1) is 8.58. The number of benzene rings is 1. The Balaban J connectivity index is 2.42. The number of aliphatic carboxylic acids is 1. The first kappa shape index (κ1) is 11.7. The van der Waals surface area contributed by atoms with E-state index < -0.39 is 10.9 Å². The number of hydrogen-bond acceptors (Lipinski definition) is 5.